The van der Waals surface area contributed by atoms with Crippen molar-refractivity contribution in [3.8, 4) is 0 Å². The van der Waals surface area contributed by atoms with Crippen LogP contribution in [0.1, 0.15) is 181 Å². The highest BCUT2D eigenvalue weighted by Gasteiger charge is 2.28. The highest BCUT2D eigenvalue weighted by atomic mass is 31.2. The third kappa shape index (κ3) is 33.4. The quantitative estimate of drug-likeness (QED) is 0.0240. The van der Waals surface area contributed by atoms with Crippen LogP contribution in [0.25, 0.3) is 0 Å². The number of rotatable bonds is 37. The Labute approximate surface area is 303 Å². The number of nitrogens with two attached hydrogens (primary N) is 1. The molecule has 0 aliphatic heterocycles. The van der Waals surface area contributed by atoms with Gasteiger partial charge < -0.3 is 25.2 Å². The third-order valence-electron chi connectivity index (χ3n) is 8.51. The number of carbonyl (C=O) groups is 3. The van der Waals surface area contributed by atoms with E-state index in [1.807, 2.05) is 0 Å². The molecule has 0 aliphatic rings. The molecule has 0 spiro atoms. The molecule has 12 heteroatoms. The van der Waals surface area contributed by atoms with Crippen LogP contribution in [0, 0.1) is 0 Å². The lowest BCUT2D eigenvalue weighted by molar-refractivity contribution is -0.161. The lowest BCUT2D eigenvalue weighted by Gasteiger charge is -2.20. The van der Waals surface area contributed by atoms with Crippen molar-refractivity contribution in [2.45, 2.75) is 193 Å². The van der Waals surface area contributed by atoms with Crippen molar-refractivity contribution in [3.05, 3.63) is 12.2 Å². The Morgan fingerprint density at radius 2 is 1.00 bits per heavy atom. The maximum absolute atomic E-state index is 12.6. The van der Waals surface area contributed by atoms with Gasteiger partial charge in [-0.25, -0.2) is 4.57 Å². The topological polar surface area (TPSA) is 172 Å². The van der Waals surface area contributed by atoms with Gasteiger partial charge in [0.25, 0.3) is 0 Å². The van der Waals surface area contributed by atoms with Gasteiger partial charge in [0, 0.05) is 12.8 Å². The number of unbranched alkanes of at least 4 members (excludes halogenated alkanes) is 21. The summed E-state index contributed by atoms with van der Waals surface area (Å²) in [5.41, 5.74) is 5.32. The lowest BCUT2D eigenvalue weighted by atomic mass is 10.0. The van der Waals surface area contributed by atoms with Gasteiger partial charge in [0.05, 0.1) is 13.2 Å². The molecular weight excluding hydrogens is 661 g/mol. The fourth-order valence-corrected chi connectivity index (χ4v) is 6.13. The summed E-state index contributed by atoms with van der Waals surface area (Å²) in [5, 5.41) is 8.86. The van der Waals surface area contributed by atoms with Crippen LogP contribution in [0.15, 0.2) is 12.2 Å². The predicted octanol–water partition coefficient (Wildman–Crippen LogP) is 9.73. The second-order valence-electron chi connectivity index (χ2n) is 13.4. The van der Waals surface area contributed by atoms with Crippen molar-refractivity contribution in [2.24, 2.45) is 5.73 Å². The van der Waals surface area contributed by atoms with Crippen molar-refractivity contribution in [3.63, 3.8) is 0 Å². The van der Waals surface area contributed by atoms with Crippen LogP contribution in [0.5, 0.6) is 0 Å². The van der Waals surface area contributed by atoms with Gasteiger partial charge in [-0.15, -0.1) is 0 Å². The van der Waals surface area contributed by atoms with Gasteiger partial charge in [0.1, 0.15) is 12.6 Å². The van der Waals surface area contributed by atoms with E-state index in [0.717, 1.165) is 57.8 Å². The molecule has 11 nitrogen and oxygen atoms in total. The number of hydrogen-bond acceptors (Lipinski definition) is 9. The van der Waals surface area contributed by atoms with Crippen LogP contribution in [-0.2, 0) is 37.5 Å². The standard InChI is InChI=1S/C38H72NO10P/c1-3-5-7-9-11-13-15-17-18-20-22-24-26-28-30-37(41)49-34(32-47-50(44,45)48-33-35(39)38(42)43)31-46-36(40)29-27-25-23-21-19-16-14-12-10-8-6-4-2/h12,14,34-35H,3-11,13,15-33,39H2,1-2H3,(H,42,43)(H,44,45)/b14-12-/t34-,35+/m1/s1. The van der Waals surface area contributed by atoms with E-state index in [-0.39, 0.29) is 19.4 Å². The van der Waals surface area contributed by atoms with E-state index in [1.165, 1.54) is 83.5 Å². The molecule has 0 bridgehead atoms. The number of hydrogen-bond donors (Lipinski definition) is 3. The molecule has 3 atom stereocenters. The van der Waals surface area contributed by atoms with Gasteiger partial charge in [-0.05, 0) is 38.5 Å². The normalized spacial score (nSPS) is 14.0. The van der Waals surface area contributed by atoms with E-state index in [9.17, 15) is 23.8 Å². The van der Waals surface area contributed by atoms with Crippen molar-refractivity contribution < 1.29 is 47.5 Å². The zero-order valence-electron chi connectivity index (χ0n) is 31.5. The largest absolute Gasteiger partial charge is 0.480 e. The summed E-state index contributed by atoms with van der Waals surface area (Å²) in [7, 11) is -4.71. The van der Waals surface area contributed by atoms with Crippen LogP contribution < -0.4 is 5.73 Å². The second kappa shape index (κ2) is 34.3. The zero-order valence-corrected chi connectivity index (χ0v) is 32.4. The molecule has 1 unspecified atom stereocenters. The Hall–Kier alpha value is -1.78. The fraction of sp³-hybridized carbons (Fsp3) is 0.868. The summed E-state index contributed by atoms with van der Waals surface area (Å²) in [4.78, 5) is 45.7. The first kappa shape index (κ1) is 48.2. The number of carbonyl (C=O) groups excluding carboxylic acids is 2. The minimum atomic E-state index is -4.71. The number of carboxylic acid groups (broad SMARTS) is 1. The Morgan fingerprint density at radius 1 is 0.600 bits per heavy atom. The van der Waals surface area contributed by atoms with Gasteiger partial charge in [-0.2, -0.15) is 0 Å². The molecule has 294 valence electrons. The molecule has 0 heterocycles. The molecule has 50 heavy (non-hydrogen) atoms. The van der Waals surface area contributed by atoms with Gasteiger partial charge in [0.15, 0.2) is 6.10 Å². The van der Waals surface area contributed by atoms with Gasteiger partial charge >= 0.3 is 25.7 Å². The number of phosphoric ester groups is 1. The van der Waals surface area contributed by atoms with Crippen LogP contribution in [-0.4, -0.2) is 59.9 Å². The average Bonchev–Trinajstić information content (AvgIpc) is 3.09. The highest BCUT2D eigenvalue weighted by molar-refractivity contribution is 7.47. The smallest absolute Gasteiger partial charge is 0.472 e. The summed E-state index contributed by atoms with van der Waals surface area (Å²) in [5.74, 6) is -2.38. The molecule has 0 aliphatic carbocycles. The molecule has 0 saturated heterocycles. The highest BCUT2D eigenvalue weighted by Crippen LogP contribution is 2.43. The van der Waals surface area contributed by atoms with Crippen LogP contribution in [0.3, 0.4) is 0 Å². The van der Waals surface area contributed by atoms with E-state index < -0.39 is 51.1 Å². The number of esters is 2. The Kier molecular flexibility index (Phi) is 33.1. The van der Waals surface area contributed by atoms with E-state index in [2.05, 4.69) is 30.5 Å². The zero-order chi connectivity index (χ0) is 37.1. The molecular formula is C38H72NO10P. The molecule has 0 aromatic rings. The van der Waals surface area contributed by atoms with E-state index in [0.29, 0.717) is 12.8 Å². The number of phosphoric acid groups is 1. The summed E-state index contributed by atoms with van der Waals surface area (Å²) in [6.45, 7) is 2.76. The van der Waals surface area contributed by atoms with Gasteiger partial charge in [0.2, 0.25) is 0 Å². The maximum Gasteiger partial charge on any atom is 0.472 e. The fourth-order valence-electron chi connectivity index (χ4n) is 5.35. The third-order valence-corrected chi connectivity index (χ3v) is 9.46. The van der Waals surface area contributed by atoms with Gasteiger partial charge in [-0.1, -0.05) is 142 Å². The van der Waals surface area contributed by atoms with E-state index in [1.54, 1.807) is 0 Å². The Bertz CT molecular complexity index is 916. The van der Waals surface area contributed by atoms with Gasteiger partial charge in [-0.3, -0.25) is 23.4 Å². The van der Waals surface area contributed by atoms with E-state index in [4.69, 9.17) is 24.8 Å². The number of allylic oxidation sites excluding steroid dienone is 2. The van der Waals surface area contributed by atoms with Crippen molar-refractivity contribution in [2.75, 3.05) is 19.8 Å². The molecule has 0 fully saturated rings. The molecule has 0 aromatic carbocycles. The monoisotopic (exact) mass is 733 g/mol. The molecule has 0 rings (SSSR count). The van der Waals surface area contributed by atoms with Crippen molar-refractivity contribution >= 4 is 25.7 Å². The van der Waals surface area contributed by atoms with Crippen LogP contribution in [0.2, 0.25) is 0 Å². The number of carboxylic acids is 1. The summed E-state index contributed by atoms with van der Waals surface area (Å²) < 4.78 is 32.6. The summed E-state index contributed by atoms with van der Waals surface area (Å²) >= 11 is 0. The number of ether oxygens (including phenoxy) is 2. The minimum Gasteiger partial charge on any atom is -0.480 e. The van der Waals surface area contributed by atoms with Crippen LogP contribution in [0.4, 0.5) is 0 Å². The Balaban J connectivity index is 4.42. The summed E-state index contributed by atoms with van der Waals surface area (Å²) in [6.07, 6.45) is 31.3. The molecule has 0 aromatic heterocycles. The first-order chi connectivity index (χ1) is 24.1. The molecule has 0 radical (unpaired) electrons. The van der Waals surface area contributed by atoms with E-state index >= 15 is 0 Å². The van der Waals surface area contributed by atoms with Crippen molar-refractivity contribution in [1.82, 2.24) is 0 Å². The molecule has 4 N–H and O–H groups in total. The molecule has 0 amide bonds. The lowest BCUT2D eigenvalue weighted by Crippen LogP contribution is -2.34. The first-order valence-corrected chi connectivity index (χ1v) is 21.2. The summed E-state index contributed by atoms with van der Waals surface area (Å²) in [6, 6.07) is -1.52. The number of aliphatic carboxylic acids is 1. The average molecular weight is 734 g/mol. The SMILES string of the molecule is CCCCC/C=C\CCCCCCCC(=O)OC[C@H](COP(=O)(O)OC[C@H](N)C(=O)O)OC(=O)CCCCCCCCCCCCCCCC. The Morgan fingerprint density at radius 3 is 1.50 bits per heavy atom. The van der Waals surface area contributed by atoms with Crippen LogP contribution >= 0.6 is 7.82 Å². The maximum atomic E-state index is 12.6. The van der Waals surface area contributed by atoms with Crippen molar-refractivity contribution in [1.29, 1.82) is 0 Å². The molecule has 0 saturated carbocycles. The second-order valence-corrected chi connectivity index (χ2v) is 14.9. The minimum absolute atomic E-state index is 0.165. The first-order valence-electron chi connectivity index (χ1n) is 19.7. The predicted molar refractivity (Wildman–Crippen MR) is 199 cm³/mol.